The minimum atomic E-state index is -3.82. The molecule has 1 atom stereocenters. The molecule has 0 aliphatic rings. The van der Waals surface area contributed by atoms with E-state index in [1.807, 2.05) is 30.3 Å². The molecule has 0 fully saturated rings. The summed E-state index contributed by atoms with van der Waals surface area (Å²) in [6, 6.07) is 17.2. The monoisotopic (exact) mass is 306 g/mol. The molecule has 0 aromatic heterocycles. The van der Waals surface area contributed by atoms with Gasteiger partial charge in [-0.25, -0.2) is 0 Å². The lowest BCUT2D eigenvalue weighted by molar-refractivity contribution is 0.145. The molecule has 0 aliphatic heterocycles. The Bertz CT molecular complexity index is 668. The van der Waals surface area contributed by atoms with Gasteiger partial charge < -0.3 is 5.11 Å². The van der Waals surface area contributed by atoms with Crippen molar-refractivity contribution in [1.29, 1.82) is 0 Å². The second-order valence-electron chi connectivity index (χ2n) is 5.11. The molecule has 0 saturated heterocycles. The Balaban J connectivity index is 2.18. The van der Waals surface area contributed by atoms with Crippen LogP contribution in [0.25, 0.3) is 0 Å². The van der Waals surface area contributed by atoms with E-state index in [4.69, 9.17) is 4.18 Å². The van der Waals surface area contributed by atoms with E-state index in [-0.39, 0.29) is 18.1 Å². The van der Waals surface area contributed by atoms with Crippen LogP contribution >= 0.6 is 0 Å². The average Bonchev–Trinajstić information content (AvgIpc) is 2.54. The van der Waals surface area contributed by atoms with E-state index in [0.29, 0.717) is 0 Å². The van der Waals surface area contributed by atoms with Crippen molar-refractivity contribution in [2.75, 3.05) is 13.2 Å². The van der Waals surface area contributed by atoms with Crippen molar-refractivity contribution in [3.8, 4) is 0 Å². The third-order valence-electron chi connectivity index (χ3n) is 3.38. The van der Waals surface area contributed by atoms with E-state index in [0.717, 1.165) is 5.56 Å². The zero-order valence-corrected chi connectivity index (χ0v) is 12.6. The van der Waals surface area contributed by atoms with Crippen molar-refractivity contribution in [1.82, 2.24) is 0 Å². The molecule has 112 valence electrons. The Kier molecular flexibility index (Phi) is 4.77. The van der Waals surface area contributed by atoms with Gasteiger partial charge in [-0.05, 0) is 17.7 Å². The molecule has 0 radical (unpaired) electrons. The van der Waals surface area contributed by atoms with Crippen molar-refractivity contribution in [2.45, 2.75) is 17.2 Å². The van der Waals surface area contributed by atoms with E-state index >= 15 is 0 Å². The van der Waals surface area contributed by atoms with Crippen LogP contribution < -0.4 is 0 Å². The fraction of sp³-hybridized carbons (Fsp3) is 0.250. The van der Waals surface area contributed by atoms with Crippen molar-refractivity contribution in [3.63, 3.8) is 0 Å². The zero-order valence-electron chi connectivity index (χ0n) is 11.8. The SMILES string of the molecule is C[C@@](CO)(COS(=O)(=O)c1ccccc1)c1ccccc1. The summed E-state index contributed by atoms with van der Waals surface area (Å²) >= 11 is 0. The summed E-state index contributed by atoms with van der Waals surface area (Å²) in [5.41, 5.74) is 0.0547. The molecule has 5 heteroatoms. The highest BCUT2D eigenvalue weighted by molar-refractivity contribution is 7.86. The van der Waals surface area contributed by atoms with Gasteiger partial charge in [-0.1, -0.05) is 55.5 Å². The van der Waals surface area contributed by atoms with Crippen LogP contribution in [0.4, 0.5) is 0 Å². The topological polar surface area (TPSA) is 63.6 Å². The summed E-state index contributed by atoms with van der Waals surface area (Å²) < 4.78 is 29.4. The molecule has 2 rings (SSSR count). The van der Waals surface area contributed by atoms with E-state index in [1.54, 1.807) is 25.1 Å². The molecule has 0 amide bonds. The molecule has 0 bridgehead atoms. The third-order valence-corrected chi connectivity index (χ3v) is 4.66. The number of rotatable bonds is 6. The molecule has 1 N–H and O–H groups in total. The van der Waals surface area contributed by atoms with Gasteiger partial charge in [0.15, 0.2) is 0 Å². The highest BCUT2D eigenvalue weighted by atomic mass is 32.2. The van der Waals surface area contributed by atoms with Crippen molar-refractivity contribution in [3.05, 3.63) is 66.2 Å². The number of hydrogen-bond donors (Lipinski definition) is 1. The molecule has 0 aliphatic carbocycles. The molecular weight excluding hydrogens is 288 g/mol. The predicted molar refractivity (Wildman–Crippen MR) is 80.5 cm³/mol. The van der Waals surface area contributed by atoms with Gasteiger partial charge in [-0.3, -0.25) is 4.18 Å². The Hall–Kier alpha value is -1.69. The summed E-state index contributed by atoms with van der Waals surface area (Å²) in [5, 5.41) is 9.63. The first-order chi connectivity index (χ1) is 9.98. The van der Waals surface area contributed by atoms with Gasteiger partial charge in [0.2, 0.25) is 0 Å². The highest BCUT2D eigenvalue weighted by Crippen LogP contribution is 2.25. The quantitative estimate of drug-likeness (QED) is 0.832. The van der Waals surface area contributed by atoms with Crippen LogP contribution in [0.5, 0.6) is 0 Å². The first-order valence-electron chi connectivity index (χ1n) is 6.59. The van der Waals surface area contributed by atoms with Crippen LogP contribution in [0, 0.1) is 0 Å². The average molecular weight is 306 g/mol. The molecule has 0 saturated carbocycles. The predicted octanol–water partition coefficient (Wildman–Crippen LogP) is 2.34. The van der Waals surface area contributed by atoms with Gasteiger partial charge in [0.25, 0.3) is 10.1 Å². The lowest BCUT2D eigenvalue weighted by Crippen LogP contribution is -2.33. The lowest BCUT2D eigenvalue weighted by Gasteiger charge is -2.27. The molecule has 2 aromatic carbocycles. The van der Waals surface area contributed by atoms with E-state index in [2.05, 4.69) is 0 Å². The summed E-state index contributed by atoms with van der Waals surface area (Å²) in [4.78, 5) is 0.110. The largest absolute Gasteiger partial charge is 0.395 e. The first kappa shape index (κ1) is 15.7. The molecule has 0 heterocycles. The van der Waals surface area contributed by atoms with Crippen LogP contribution in [0.15, 0.2) is 65.6 Å². The molecule has 4 nitrogen and oxygen atoms in total. The summed E-state index contributed by atoms with van der Waals surface area (Å²) in [5.74, 6) is 0. The first-order valence-corrected chi connectivity index (χ1v) is 8.00. The summed E-state index contributed by atoms with van der Waals surface area (Å²) in [6.45, 7) is 1.44. The smallest absolute Gasteiger partial charge is 0.297 e. The Morgan fingerprint density at radius 3 is 2.05 bits per heavy atom. The van der Waals surface area contributed by atoms with Gasteiger partial charge in [-0.2, -0.15) is 8.42 Å². The molecule has 21 heavy (non-hydrogen) atoms. The fourth-order valence-electron chi connectivity index (χ4n) is 1.92. The highest BCUT2D eigenvalue weighted by Gasteiger charge is 2.29. The maximum Gasteiger partial charge on any atom is 0.297 e. The minimum absolute atomic E-state index is 0.110. The van der Waals surface area contributed by atoms with E-state index in [1.165, 1.54) is 12.1 Å². The van der Waals surface area contributed by atoms with Gasteiger partial charge >= 0.3 is 0 Å². The van der Waals surface area contributed by atoms with Crippen molar-refractivity contribution < 1.29 is 17.7 Å². The summed E-state index contributed by atoms with van der Waals surface area (Å²) in [7, 11) is -3.82. The maximum absolute atomic E-state index is 12.1. The van der Waals surface area contributed by atoms with Crippen molar-refractivity contribution in [2.24, 2.45) is 0 Å². The van der Waals surface area contributed by atoms with Crippen LogP contribution in [0.1, 0.15) is 12.5 Å². The van der Waals surface area contributed by atoms with Gasteiger partial charge in [0, 0.05) is 5.41 Å². The number of benzene rings is 2. The van der Waals surface area contributed by atoms with Crippen LogP contribution in [-0.4, -0.2) is 26.7 Å². The number of hydrogen-bond acceptors (Lipinski definition) is 4. The Labute approximate surface area is 125 Å². The molecular formula is C16H18O4S. The lowest BCUT2D eigenvalue weighted by atomic mass is 9.84. The second-order valence-corrected chi connectivity index (χ2v) is 6.73. The summed E-state index contributed by atoms with van der Waals surface area (Å²) in [6.07, 6.45) is 0. The van der Waals surface area contributed by atoms with Crippen LogP contribution in [0.3, 0.4) is 0 Å². The third kappa shape index (κ3) is 3.69. The van der Waals surface area contributed by atoms with E-state index < -0.39 is 15.5 Å². The standard InChI is InChI=1S/C16H18O4S/c1-16(12-17,14-8-4-2-5-9-14)13-20-21(18,19)15-10-6-3-7-11-15/h2-11,17H,12-13H2,1H3/t16-/m1/s1. The van der Waals surface area contributed by atoms with Crippen molar-refractivity contribution >= 4 is 10.1 Å². The molecule has 0 spiro atoms. The minimum Gasteiger partial charge on any atom is -0.395 e. The van der Waals surface area contributed by atoms with E-state index in [9.17, 15) is 13.5 Å². The molecule has 2 aromatic rings. The van der Waals surface area contributed by atoms with Crippen LogP contribution in [-0.2, 0) is 19.7 Å². The van der Waals surface area contributed by atoms with Gasteiger partial charge in [0.1, 0.15) is 0 Å². The zero-order chi connectivity index (χ0) is 15.3. The normalized spacial score (nSPS) is 14.6. The number of aliphatic hydroxyl groups is 1. The van der Waals surface area contributed by atoms with Crippen LogP contribution in [0.2, 0.25) is 0 Å². The Morgan fingerprint density at radius 1 is 1.00 bits per heavy atom. The second kappa shape index (κ2) is 6.39. The van der Waals surface area contributed by atoms with Gasteiger partial charge in [-0.15, -0.1) is 0 Å². The number of aliphatic hydroxyl groups excluding tert-OH is 1. The van der Waals surface area contributed by atoms with Gasteiger partial charge in [0.05, 0.1) is 18.1 Å². The molecule has 0 unspecified atom stereocenters. The Morgan fingerprint density at radius 2 is 1.52 bits per heavy atom. The fourth-order valence-corrected chi connectivity index (χ4v) is 2.97. The maximum atomic E-state index is 12.1.